The van der Waals surface area contributed by atoms with Crippen LogP contribution in [0.2, 0.25) is 0 Å². The summed E-state index contributed by atoms with van der Waals surface area (Å²) in [6.45, 7) is 0. The van der Waals surface area contributed by atoms with Gasteiger partial charge in [0.15, 0.2) is 17.5 Å². The fraction of sp³-hybridized carbons (Fsp3) is 0. The third-order valence-electron chi connectivity index (χ3n) is 8.94. The molecule has 4 heteroatoms. The highest BCUT2D eigenvalue weighted by Crippen LogP contribution is 2.41. The largest absolute Gasteiger partial charge is 0.256 e. The predicted molar refractivity (Wildman–Crippen MR) is 197 cm³/mol. The van der Waals surface area contributed by atoms with Crippen molar-refractivity contribution >= 4 is 32.4 Å². The molecule has 2 aromatic heterocycles. The lowest BCUT2D eigenvalue weighted by Crippen LogP contribution is -2.00. The maximum atomic E-state index is 4.99. The van der Waals surface area contributed by atoms with Gasteiger partial charge < -0.3 is 0 Å². The van der Waals surface area contributed by atoms with Crippen molar-refractivity contribution in [3.8, 4) is 56.4 Å². The molecular formula is C44H28N4. The summed E-state index contributed by atoms with van der Waals surface area (Å²) in [5.74, 6) is 1.91. The minimum Gasteiger partial charge on any atom is -0.256 e. The van der Waals surface area contributed by atoms with Crippen molar-refractivity contribution < 1.29 is 0 Å². The SMILES string of the molecule is c1ccc(-c2nc(-c3ccccc3)nc(-c3cccc(-c4cc5c6ccccc6c(-c6ccccc6)cc5c5cccnc45)c3)n2)cc1. The molecule has 224 valence electrons. The van der Waals surface area contributed by atoms with Gasteiger partial charge >= 0.3 is 0 Å². The number of hydrogen-bond acceptors (Lipinski definition) is 4. The summed E-state index contributed by atoms with van der Waals surface area (Å²) in [4.78, 5) is 19.8. The van der Waals surface area contributed by atoms with Crippen LogP contribution in [0.25, 0.3) is 88.9 Å². The highest BCUT2D eigenvalue weighted by Gasteiger charge is 2.17. The Morgan fingerprint density at radius 2 is 0.771 bits per heavy atom. The molecule has 9 rings (SSSR count). The first-order valence-corrected chi connectivity index (χ1v) is 16.1. The van der Waals surface area contributed by atoms with Crippen LogP contribution in [0.3, 0.4) is 0 Å². The van der Waals surface area contributed by atoms with Gasteiger partial charge in [0.25, 0.3) is 0 Å². The van der Waals surface area contributed by atoms with Crippen molar-refractivity contribution in [2.45, 2.75) is 0 Å². The molecular weight excluding hydrogens is 585 g/mol. The molecule has 4 nitrogen and oxygen atoms in total. The van der Waals surface area contributed by atoms with E-state index in [0.717, 1.165) is 38.7 Å². The van der Waals surface area contributed by atoms with E-state index >= 15 is 0 Å². The zero-order chi connectivity index (χ0) is 31.9. The second-order valence-corrected chi connectivity index (χ2v) is 11.9. The van der Waals surface area contributed by atoms with Gasteiger partial charge in [0, 0.05) is 33.8 Å². The number of hydrogen-bond donors (Lipinski definition) is 0. The Bertz CT molecular complexity index is 2540. The Kier molecular flexibility index (Phi) is 6.76. The van der Waals surface area contributed by atoms with Gasteiger partial charge in [-0.05, 0) is 62.5 Å². The third-order valence-corrected chi connectivity index (χ3v) is 8.94. The van der Waals surface area contributed by atoms with Gasteiger partial charge in [0.05, 0.1) is 5.52 Å². The maximum Gasteiger partial charge on any atom is 0.164 e. The Labute approximate surface area is 278 Å². The van der Waals surface area contributed by atoms with Gasteiger partial charge in [-0.2, -0.15) is 0 Å². The standard InChI is InChI=1S/C44H28N4/c1-4-14-29(15-5-1)37-27-40-36-24-13-25-45-41(36)38(28-39(40)35-23-11-10-22-34(35)37)32-20-12-21-33(26-32)44-47-42(30-16-6-2-7-17-30)46-43(48-44)31-18-8-3-9-19-31/h1-28H. The summed E-state index contributed by atoms with van der Waals surface area (Å²) in [6, 6.07) is 56.8. The smallest absolute Gasteiger partial charge is 0.164 e. The van der Waals surface area contributed by atoms with Gasteiger partial charge in [-0.15, -0.1) is 0 Å². The fourth-order valence-corrected chi connectivity index (χ4v) is 6.67. The molecule has 0 atom stereocenters. The average molecular weight is 613 g/mol. The highest BCUT2D eigenvalue weighted by atomic mass is 15.0. The summed E-state index contributed by atoms with van der Waals surface area (Å²) in [5, 5.41) is 5.95. The molecule has 0 aliphatic carbocycles. The quantitative estimate of drug-likeness (QED) is 0.181. The van der Waals surface area contributed by atoms with Crippen LogP contribution in [0.15, 0.2) is 170 Å². The first-order valence-electron chi connectivity index (χ1n) is 16.1. The Balaban J connectivity index is 1.26. The van der Waals surface area contributed by atoms with Crippen LogP contribution >= 0.6 is 0 Å². The number of aromatic nitrogens is 4. The normalized spacial score (nSPS) is 11.3. The highest BCUT2D eigenvalue weighted by molar-refractivity contribution is 6.23. The van der Waals surface area contributed by atoms with Crippen LogP contribution in [0.4, 0.5) is 0 Å². The zero-order valence-electron chi connectivity index (χ0n) is 26.0. The molecule has 0 spiro atoms. The van der Waals surface area contributed by atoms with Crippen LogP contribution in [-0.4, -0.2) is 19.9 Å². The molecule has 0 saturated heterocycles. The van der Waals surface area contributed by atoms with Gasteiger partial charge in [-0.25, -0.2) is 15.0 Å². The lowest BCUT2D eigenvalue weighted by molar-refractivity contribution is 1.07. The van der Waals surface area contributed by atoms with Gasteiger partial charge in [-0.1, -0.05) is 140 Å². The van der Waals surface area contributed by atoms with Crippen molar-refractivity contribution in [1.82, 2.24) is 19.9 Å². The fourth-order valence-electron chi connectivity index (χ4n) is 6.67. The van der Waals surface area contributed by atoms with E-state index in [4.69, 9.17) is 19.9 Å². The van der Waals surface area contributed by atoms with Crippen LogP contribution in [0.5, 0.6) is 0 Å². The lowest BCUT2D eigenvalue weighted by atomic mass is 9.89. The third kappa shape index (κ3) is 4.88. The van der Waals surface area contributed by atoms with E-state index < -0.39 is 0 Å². The average Bonchev–Trinajstić information content (AvgIpc) is 3.18. The van der Waals surface area contributed by atoms with Crippen LogP contribution in [-0.2, 0) is 0 Å². The molecule has 0 bridgehead atoms. The van der Waals surface area contributed by atoms with Crippen molar-refractivity contribution in [3.63, 3.8) is 0 Å². The molecule has 0 amide bonds. The Morgan fingerprint density at radius 3 is 1.44 bits per heavy atom. The van der Waals surface area contributed by atoms with E-state index in [2.05, 4.69) is 97.1 Å². The molecule has 0 fully saturated rings. The van der Waals surface area contributed by atoms with E-state index in [-0.39, 0.29) is 0 Å². The molecule has 9 aromatic rings. The zero-order valence-corrected chi connectivity index (χ0v) is 26.0. The lowest BCUT2D eigenvalue weighted by Gasteiger charge is -2.16. The van der Waals surface area contributed by atoms with Crippen molar-refractivity contribution in [2.75, 3.05) is 0 Å². The molecule has 0 N–H and O–H groups in total. The van der Waals surface area contributed by atoms with Crippen molar-refractivity contribution in [3.05, 3.63) is 170 Å². The van der Waals surface area contributed by atoms with Gasteiger partial charge in [0.1, 0.15) is 0 Å². The summed E-state index contributed by atoms with van der Waals surface area (Å²) in [7, 11) is 0. The van der Waals surface area contributed by atoms with Gasteiger partial charge in [0.2, 0.25) is 0 Å². The molecule has 0 unspecified atom stereocenters. The van der Waals surface area contributed by atoms with E-state index in [1.165, 1.54) is 32.7 Å². The summed E-state index contributed by atoms with van der Waals surface area (Å²) >= 11 is 0. The first-order chi connectivity index (χ1) is 23.8. The number of fused-ring (bicyclic) bond motifs is 5. The molecule has 0 aliphatic heterocycles. The van der Waals surface area contributed by atoms with Crippen LogP contribution in [0.1, 0.15) is 0 Å². The second-order valence-electron chi connectivity index (χ2n) is 11.9. The second kappa shape index (κ2) is 11.7. The predicted octanol–water partition coefficient (Wildman–Crippen LogP) is 11.1. The number of nitrogens with zero attached hydrogens (tertiary/aromatic N) is 4. The van der Waals surface area contributed by atoms with Crippen molar-refractivity contribution in [2.24, 2.45) is 0 Å². The Morgan fingerprint density at radius 1 is 0.292 bits per heavy atom. The molecule has 0 saturated carbocycles. The van der Waals surface area contributed by atoms with Gasteiger partial charge in [-0.3, -0.25) is 4.98 Å². The summed E-state index contributed by atoms with van der Waals surface area (Å²) in [6.07, 6.45) is 1.88. The Hall–Kier alpha value is -6.52. The van der Waals surface area contributed by atoms with E-state index in [0.29, 0.717) is 17.5 Å². The molecule has 48 heavy (non-hydrogen) atoms. The number of pyridine rings is 1. The first kappa shape index (κ1) is 27.8. The maximum absolute atomic E-state index is 4.99. The van der Waals surface area contributed by atoms with Crippen LogP contribution in [0, 0.1) is 0 Å². The number of benzene rings is 7. The van der Waals surface area contributed by atoms with E-state index in [1.807, 2.05) is 72.9 Å². The molecule has 7 aromatic carbocycles. The monoisotopic (exact) mass is 612 g/mol. The topological polar surface area (TPSA) is 51.6 Å². The number of rotatable bonds is 5. The molecule has 0 radical (unpaired) electrons. The summed E-state index contributed by atoms with van der Waals surface area (Å²) < 4.78 is 0. The summed E-state index contributed by atoms with van der Waals surface area (Å²) in [5.41, 5.74) is 8.31. The van der Waals surface area contributed by atoms with Crippen LogP contribution < -0.4 is 0 Å². The minimum absolute atomic E-state index is 0.626. The van der Waals surface area contributed by atoms with E-state index in [1.54, 1.807) is 0 Å². The van der Waals surface area contributed by atoms with E-state index in [9.17, 15) is 0 Å². The van der Waals surface area contributed by atoms with Crippen molar-refractivity contribution in [1.29, 1.82) is 0 Å². The minimum atomic E-state index is 0.626. The molecule has 2 heterocycles. The molecule has 0 aliphatic rings.